The standard InChI is InChI=1S/C3H4O3.Na/c1-2(4)3(5)6;/h1H3,(H,5,6);/q;+1/p-1/i1+1,2+1;. The van der Waals surface area contributed by atoms with Gasteiger partial charge in [-0.25, -0.2) is 0 Å². The van der Waals surface area contributed by atoms with Gasteiger partial charge in [0.15, 0.2) is 5.78 Å². The SMILES string of the molecule is [13CH3][13C](=O)C(=O)[O-].[Na+]. The molecule has 34 valence electrons. The number of carbonyl (C=O) groups is 2. The summed E-state index contributed by atoms with van der Waals surface area (Å²) in [7, 11) is 0. The molecule has 7 heavy (non-hydrogen) atoms. The number of ketones is 1. The number of carboxylic acids is 1. The molecule has 0 atom stereocenters. The Bertz CT molecular complexity index is 76.2. The number of carboxylic acid groups (broad SMARTS) is 1. The van der Waals surface area contributed by atoms with Gasteiger partial charge in [0.05, 0.1) is 0 Å². The second-order valence-electron chi connectivity index (χ2n) is 0.844. The summed E-state index contributed by atoms with van der Waals surface area (Å²) < 4.78 is 0. The average molecular weight is 112 g/mol. The molecule has 0 fully saturated rings. The van der Waals surface area contributed by atoms with Gasteiger partial charge in [0.25, 0.3) is 0 Å². The van der Waals surface area contributed by atoms with Crippen LogP contribution in [-0.2, 0) is 9.59 Å². The van der Waals surface area contributed by atoms with Crippen LogP contribution in [0.15, 0.2) is 0 Å². The van der Waals surface area contributed by atoms with Gasteiger partial charge in [-0.15, -0.1) is 0 Å². The van der Waals surface area contributed by atoms with Gasteiger partial charge in [0.2, 0.25) is 0 Å². The van der Waals surface area contributed by atoms with E-state index in [2.05, 4.69) is 0 Å². The van der Waals surface area contributed by atoms with Crippen molar-refractivity contribution < 1.29 is 44.3 Å². The Morgan fingerprint density at radius 2 is 1.57 bits per heavy atom. The third-order valence-electron chi connectivity index (χ3n) is 0.287. The number of aliphatic carboxylic acids is 1. The normalized spacial score (nSPS) is 6.43. The number of hydrogen-bond acceptors (Lipinski definition) is 3. The third-order valence-corrected chi connectivity index (χ3v) is 0.287. The molecule has 0 bridgehead atoms. The molecule has 0 aliphatic carbocycles. The molecule has 0 unspecified atom stereocenters. The Morgan fingerprint density at radius 3 is 1.57 bits per heavy atom. The molecule has 0 aromatic rings. The summed E-state index contributed by atoms with van der Waals surface area (Å²) in [4.78, 5) is 18.7. The van der Waals surface area contributed by atoms with Crippen molar-refractivity contribution in [2.75, 3.05) is 0 Å². The van der Waals surface area contributed by atoms with Crippen molar-refractivity contribution in [3.8, 4) is 0 Å². The van der Waals surface area contributed by atoms with Gasteiger partial charge < -0.3 is 9.90 Å². The van der Waals surface area contributed by atoms with E-state index >= 15 is 0 Å². The fraction of sp³-hybridized carbons (Fsp3) is 0.333. The summed E-state index contributed by atoms with van der Waals surface area (Å²) in [6, 6.07) is 0. The molecule has 0 saturated heterocycles. The Kier molecular flexibility index (Phi) is 6.26. The average Bonchev–Trinajstić information content (AvgIpc) is 1.36. The summed E-state index contributed by atoms with van der Waals surface area (Å²) in [5, 5.41) is 9.24. The van der Waals surface area contributed by atoms with Crippen molar-refractivity contribution in [2.24, 2.45) is 0 Å². The zero-order valence-electron chi connectivity index (χ0n) is 4.22. The van der Waals surface area contributed by atoms with E-state index in [1.165, 1.54) is 0 Å². The van der Waals surface area contributed by atoms with Crippen LogP contribution in [0.5, 0.6) is 0 Å². The molecule has 0 spiro atoms. The van der Waals surface area contributed by atoms with Crippen molar-refractivity contribution in [3.63, 3.8) is 0 Å². The molecule has 0 saturated carbocycles. The fourth-order valence-electron chi connectivity index (χ4n) is 0. The Labute approximate surface area is 63.0 Å². The second kappa shape index (κ2) is 4.30. The van der Waals surface area contributed by atoms with Crippen LogP contribution in [0.25, 0.3) is 0 Å². The summed E-state index contributed by atoms with van der Waals surface area (Å²) in [6.07, 6.45) is 0. The van der Waals surface area contributed by atoms with E-state index in [-0.39, 0.29) is 29.6 Å². The summed E-state index contributed by atoms with van der Waals surface area (Å²) >= 11 is 0. The topological polar surface area (TPSA) is 57.2 Å². The van der Waals surface area contributed by atoms with Gasteiger partial charge in [-0.05, 0) is 0 Å². The van der Waals surface area contributed by atoms with Crippen LogP contribution < -0.4 is 34.7 Å². The van der Waals surface area contributed by atoms with Crippen molar-refractivity contribution in [1.82, 2.24) is 0 Å². The molecular weight excluding hydrogens is 109 g/mol. The van der Waals surface area contributed by atoms with E-state index in [1.807, 2.05) is 0 Å². The third kappa shape index (κ3) is 6.14. The van der Waals surface area contributed by atoms with Gasteiger partial charge in [0.1, 0.15) is 5.97 Å². The predicted molar refractivity (Wildman–Crippen MR) is 15.7 cm³/mol. The van der Waals surface area contributed by atoms with E-state index in [0.717, 1.165) is 6.92 Å². The van der Waals surface area contributed by atoms with Gasteiger partial charge in [-0.3, -0.25) is 4.79 Å². The largest absolute Gasteiger partial charge is 1.00 e. The van der Waals surface area contributed by atoms with Crippen LogP contribution in [0.1, 0.15) is 6.92 Å². The molecule has 0 aliphatic heterocycles. The van der Waals surface area contributed by atoms with E-state index < -0.39 is 11.8 Å². The van der Waals surface area contributed by atoms with Gasteiger partial charge in [0, 0.05) is 6.92 Å². The van der Waals surface area contributed by atoms with Crippen molar-refractivity contribution >= 4 is 11.8 Å². The van der Waals surface area contributed by atoms with Crippen LogP contribution in [0, 0.1) is 0 Å². The van der Waals surface area contributed by atoms with Crippen LogP contribution in [-0.4, -0.2) is 11.8 Å². The first-order chi connectivity index (χ1) is 2.64. The quantitative estimate of drug-likeness (QED) is 0.194. The predicted octanol–water partition coefficient (Wildman–Crippen LogP) is -4.67. The first-order valence-corrected chi connectivity index (χ1v) is 1.36. The Hall–Kier alpha value is 0.140. The van der Waals surface area contributed by atoms with Crippen LogP contribution in [0.2, 0.25) is 0 Å². The van der Waals surface area contributed by atoms with E-state index in [4.69, 9.17) is 0 Å². The maximum atomic E-state index is 9.48. The van der Waals surface area contributed by atoms with E-state index in [9.17, 15) is 14.7 Å². The zero-order chi connectivity index (χ0) is 5.15. The first kappa shape index (κ1) is 10.2. The maximum Gasteiger partial charge on any atom is 1.00 e. The molecule has 0 rings (SSSR count). The van der Waals surface area contributed by atoms with Gasteiger partial charge in [-0.2, -0.15) is 0 Å². The smallest absolute Gasteiger partial charge is 0.542 e. The van der Waals surface area contributed by atoms with E-state index in [1.54, 1.807) is 0 Å². The van der Waals surface area contributed by atoms with Crippen LogP contribution in [0.3, 0.4) is 0 Å². The number of carbonyl (C=O) groups excluding carboxylic acids is 2. The van der Waals surface area contributed by atoms with Gasteiger partial charge in [-0.1, -0.05) is 0 Å². The minimum absolute atomic E-state index is 0. The molecule has 0 radical (unpaired) electrons. The van der Waals surface area contributed by atoms with E-state index in [0.29, 0.717) is 0 Å². The molecule has 0 heterocycles. The minimum Gasteiger partial charge on any atom is -0.542 e. The molecule has 4 heteroatoms. The fourth-order valence-corrected chi connectivity index (χ4v) is 0. The molecule has 0 aliphatic rings. The molecule has 0 N–H and O–H groups in total. The minimum atomic E-state index is -1.63. The summed E-state index contributed by atoms with van der Waals surface area (Å²) in [5.41, 5.74) is 0. The number of hydrogen-bond donors (Lipinski definition) is 0. The van der Waals surface area contributed by atoms with Crippen LogP contribution >= 0.6 is 0 Å². The summed E-state index contributed by atoms with van der Waals surface area (Å²) in [5.74, 6) is -2.56. The van der Waals surface area contributed by atoms with Crippen molar-refractivity contribution in [2.45, 2.75) is 6.92 Å². The number of rotatable bonds is 1. The molecule has 3 nitrogen and oxygen atoms in total. The number of Topliss-reactive ketones (excluding diaryl/α,β-unsaturated/α-hetero) is 1. The van der Waals surface area contributed by atoms with Crippen molar-refractivity contribution in [3.05, 3.63) is 0 Å². The van der Waals surface area contributed by atoms with Crippen LogP contribution in [0.4, 0.5) is 0 Å². The second-order valence-corrected chi connectivity index (χ2v) is 0.844. The Morgan fingerprint density at radius 1 is 1.43 bits per heavy atom. The Balaban J connectivity index is 0. The van der Waals surface area contributed by atoms with Crippen molar-refractivity contribution in [1.29, 1.82) is 0 Å². The summed E-state index contributed by atoms with van der Waals surface area (Å²) in [6.45, 7) is 0.940. The van der Waals surface area contributed by atoms with Gasteiger partial charge >= 0.3 is 29.6 Å². The molecule has 0 aromatic heterocycles. The zero-order valence-corrected chi connectivity index (χ0v) is 6.22. The molecular formula is C3H3NaO3. The monoisotopic (exact) mass is 112 g/mol. The maximum absolute atomic E-state index is 9.48. The molecule has 0 amide bonds. The first-order valence-electron chi connectivity index (χ1n) is 1.36. The molecule has 0 aromatic carbocycles.